The van der Waals surface area contributed by atoms with Crippen LogP contribution in [0.5, 0.6) is 0 Å². The van der Waals surface area contributed by atoms with Gasteiger partial charge < -0.3 is 27.4 Å². The second-order valence-electron chi connectivity index (χ2n) is 3.18. The van der Waals surface area contributed by atoms with Gasteiger partial charge in [-0.25, -0.2) is 4.79 Å². The summed E-state index contributed by atoms with van der Waals surface area (Å²) in [7, 11) is 6.05. The Morgan fingerprint density at radius 1 is 1.42 bits per heavy atom. The van der Waals surface area contributed by atoms with Gasteiger partial charge in [0.2, 0.25) is 0 Å². The summed E-state index contributed by atoms with van der Waals surface area (Å²) >= 11 is 0. The molecule has 2 N–H and O–H groups in total. The van der Waals surface area contributed by atoms with Crippen molar-refractivity contribution in [2.75, 3.05) is 34.3 Å². The number of nitrogens with zero attached hydrogens (tertiary/aromatic N) is 1. The predicted molar refractivity (Wildman–Crippen MR) is 44.2 cm³/mol. The number of ether oxygens (including phenoxy) is 1. The van der Waals surface area contributed by atoms with E-state index in [4.69, 9.17) is 5.73 Å². The van der Waals surface area contributed by atoms with E-state index in [1.54, 1.807) is 0 Å². The predicted octanol–water partition coefficient (Wildman–Crippen LogP) is -3.59. The minimum absolute atomic E-state index is 0. The first kappa shape index (κ1) is 18.8. The summed E-state index contributed by atoms with van der Waals surface area (Å²) < 4.78 is 5.31. The zero-order valence-corrected chi connectivity index (χ0v) is 13.0. The number of nitrogens with two attached hydrogens (primary N) is 1. The zero-order chi connectivity index (χ0) is 8.20. The third-order valence-corrected chi connectivity index (χ3v) is 1.01. The molecule has 0 aliphatic heterocycles. The van der Waals surface area contributed by atoms with Crippen LogP contribution in [0.25, 0.3) is 0 Å². The van der Waals surface area contributed by atoms with Crippen LogP contribution >= 0.6 is 0 Å². The summed E-state index contributed by atoms with van der Waals surface area (Å²) in [5.74, 6) is 0. The van der Waals surface area contributed by atoms with Crippen LogP contribution in [0.15, 0.2) is 0 Å². The summed E-state index contributed by atoms with van der Waals surface area (Å²) in [6.45, 7) is 1.17. The first-order valence-electron chi connectivity index (χ1n) is 3.14. The second-order valence-corrected chi connectivity index (χ2v) is 3.18. The van der Waals surface area contributed by atoms with Gasteiger partial charge in [0.05, 0.1) is 21.1 Å². The van der Waals surface area contributed by atoms with E-state index < -0.39 is 6.09 Å². The van der Waals surface area contributed by atoms with Crippen molar-refractivity contribution in [2.24, 2.45) is 5.73 Å². The van der Waals surface area contributed by atoms with Gasteiger partial charge in [-0.05, 0) is 0 Å². The summed E-state index contributed by atoms with van der Waals surface area (Å²) in [5.41, 5.74) is 4.75. The van der Waals surface area contributed by atoms with Crippen LogP contribution in [0.2, 0.25) is 0 Å². The maximum absolute atomic E-state index is 10.1. The Labute approximate surface area is 120 Å². The SMILES string of the molecule is C[N+](C)(C)CCOC(N)=O.[Ba+2].[Cl-]. The van der Waals surface area contributed by atoms with E-state index in [1.165, 1.54) is 0 Å². The largest absolute Gasteiger partial charge is 2.00 e. The molecule has 0 bridgehead atoms. The third-order valence-electron chi connectivity index (χ3n) is 1.01. The number of carbonyl (C=O) groups is 1. The van der Waals surface area contributed by atoms with Gasteiger partial charge in [-0.3, -0.25) is 0 Å². The van der Waals surface area contributed by atoms with Crippen molar-refractivity contribution in [1.29, 1.82) is 0 Å². The fraction of sp³-hybridized carbons (Fsp3) is 0.833. The fourth-order valence-electron chi connectivity index (χ4n) is 0.420. The Hall–Kier alpha value is 1.09. The summed E-state index contributed by atoms with van der Waals surface area (Å²) in [5, 5.41) is 0. The molecule has 12 heavy (non-hydrogen) atoms. The molecule has 0 spiro atoms. The van der Waals surface area contributed by atoms with E-state index in [1.807, 2.05) is 21.1 Å². The number of likely N-dealkylation sites (N-methyl/N-ethyl adjacent to an activating group) is 1. The quantitative estimate of drug-likeness (QED) is 0.432. The molecule has 0 rings (SSSR count). The molecule has 0 aromatic rings. The van der Waals surface area contributed by atoms with Gasteiger partial charge in [0, 0.05) is 0 Å². The smallest absolute Gasteiger partial charge is 1.00 e. The second kappa shape index (κ2) is 8.68. The molecule has 68 valence electrons. The number of amides is 1. The van der Waals surface area contributed by atoms with Gasteiger partial charge in [0.15, 0.2) is 0 Å². The van der Waals surface area contributed by atoms with E-state index in [9.17, 15) is 4.79 Å². The monoisotopic (exact) mass is 320 g/mol. The Kier molecular flexibility index (Phi) is 13.6. The molecule has 0 aromatic heterocycles. The van der Waals surface area contributed by atoms with E-state index in [0.717, 1.165) is 11.0 Å². The topological polar surface area (TPSA) is 52.3 Å². The minimum Gasteiger partial charge on any atom is -1.00 e. The van der Waals surface area contributed by atoms with Crippen LogP contribution in [-0.2, 0) is 4.74 Å². The van der Waals surface area contributed by atoms with Gasteiger partial charge in [0.25, 0.3) is 0 Å². The molecule has 0 radical (unpaired) electrons. The van der Waals surface area contributed by atoms with Gasteiger partial charge in [0.1, 0.15) is 13.2 Å². The maximum Gasteiger partial charge on any atom is 2.00 e. The third kappa shape index (κ3) is 17.3. The van der Waals surface area contributed by atoms with E-state index in [2.05, 4.69) is 4.74 Å². The van der Waals surface area contributed by atoms with Crippen LogP contribution in [-0.4, -0.2) is 93.8 Å². The zero-order valence-electron chi connectivity index (χ0n) is 7.84. The van der Waals surface area contributed by atoms with Crippen molar-refractivity contribution in [2.45, 2.75) is 0 Å². The molecule has 0 unspecified atom stereocenters. The van der Waals surface area contributed by atoms with Crippen LogP contribution in [0.1, 0.15) is 0 Å². The number of rotatable bonds is 3. The van der Waals surface area contributed by atoms with Gasteiger partial charge in [-0.15, -0.1) is 0 Å². The first-order chi connectivity index (χ1) is 4.42. The Bertz CT molecular complexity index is 127. The van der Waals surface area contributed by atoms with Gasteiger partial charge in [-0.1, -0.05) is 0 Å². The fourth-order valence-corrected chi connectivity index (χ4v) is 0.420. The van der Waals surface area contributed by atoms with Gasteiger partial charge in [-0.2, -0.15) is 0 Å². The van der Waals surface area contributed by atoms with Crippen molar-refractivity contribution in [3.8, 4) is 0 Å². The number of carbonyl (C=O) groups excluding carboxylic acids is 1. The van der Waals surface area contributed by atoms with Crippen molar-refractivity contribution >= 4 is 55.0 Å². The number of hydrogen-bond acceptors (Lipinski definition) is 2. The Balaban J connectivity index is -0.000000405. The van der Waals surface area contributed by atoms with E-state index >= 15 is 0 Å². The number of halogens is 1. The number of quaternary nitrogens is 1. The van der Waals surface area contributed by atoms with Crippen molar-refractivity contribution < 1.29 is 26.4 Å². The molecule has 0 atom stereocenters. The van der Waals surface area contributed by atoms with Crippen LogP contribution in [0, 0.1) is 0 Å². The molecule has 6 heteroatoms. The molecular formula is C6H15BaClN2O2+2. The molecule has 0 aliphatic carbocycles. The maximum atomic E-state index is 10.1. The number of hydrogen-bond donors (Lipinski definition) is 1. The molecular weight excluding hydrogens is 305 g/mol. The normalized spacial score (nSPS) is 9.25. The molecule has 0 heterocycles. The van der Waals surface area contributed by atoms with Crippen molar-refractivity contribution in [1.82, 2.24) is 0 Å². The molecule has 1 amide bonds. The molecule has 0 aliphatic rings. The molecule has 0 saturated carbocycles. The molecule has 0 fully saturated rings. The van der Waals surface area contributed by atoms with Gasteiger partial charge >= 0.3 is 55.0 Å². The molecule has 0 aromatic carbocycles. The van der Waals surface area contributed by atoms with Crippen LogP contribution in [0.3, 0.4) is 0 Å². The van der Waals surface area contributed by atoms with E-state index in [-0.39, 0.29) is 61.3 Å². The van der Waals surface area contributed by atoms with Crippen molar-refractivity contribution in [3.05, 3.63) is 0 Å². The van der Waals surface area contributed by atoms with Crippen LogP contribution in [0.4, 0.5) is 4.79 Å². The summed E-state index contributed by atoms with van der Waals surface area (Å²) in [6, 6.07) is 0. The van der Waals surface area contributed by atoms with Crippen LogP contribution < -0.4 is 18.1 Å². The van der Waals surface area contributed by atoms with E-state index in [0.29, 0.717) is 6.61 Å². The Morgan fingerprint density at radius 3 is 2.08 bits per heavy atom. The van der Waals surface area contributed by atoms with Crippen molar-refractivity contribution in [3.63, 3.8) is 0 Å². The molecule has 0 saturated heterocycles. The summed E-state index contributed by atoms with van der Waals surface area (Å²) in [6.07, 6.45) is -0.701. The average molecular weight is 320 g/mol. The average Bonchev–Trinajstić information content (AvgIpc) is 1.59. The Morgan fingerprint density at radius 2 is 1.83 bits per heavy atom. The standard InChI is InChI=1S/C6H14N2O2.Ba.ClH/c1-8(2,3)4-5-10-6(7)9;;/h4-5H2,1-3H3,(H-,7,9);;1H/q;+2;. The minimum atomic E-state index is -0.701. The number of primary amides is 1. The summed E-state index contributed by atoms with van der Waals surface area (Å²) in [4.78, 5) is 10.1. The first-order valence-corrected chi connectivity index (χ1v) is 3.14. The molecule has 4 nitrogen and oxygen atoms in total.